The lowest BCUT2D eigenvalue weighted by Gasteiger charge is -2.35. The van der Waals surface area contributed by atoms with Crippen molar-refractivity contribution in [3.05, 3.63) is 47.8 Å². The van der Waals surface area contributed by atoms with Gasteiger partial charge < -0.3 is 4.57 Å². The third-order valence-electron chi connectivity index (χ3n) is 4.93. The fourth-order valence-corrected chi connectivity index (χ4v) is 3.11. The van der Waals surface area contributed by atoms with Gasteiger partial charge in [-0.1, -0.05) is 0 Å². The molecule has 0 bridgehead atoms. The number of rotatable bonds is 5. The summed E-state index contributed by atoms with van der Waals surface area (Å²) in [5.41, 5.74) is 2.64. The van der Waals surface area contributed by atoms with Crippen LogP contribution in [0.4, 0.5) is 0 Å². The van der Waals surface area contributed by atoms with E-state index in [1.54, 1.807) is 0 Å². The second-order valence-electron chi connectivity index (χ2n) is 6.77. The Morgan fingerprint density at radius 3 is 2.70 bits per heavy atom. The molecule has 0 saturated carbocycles. The van der Waals surface area contributed by atoms with E-state index < -0.39 is 0 Å². The van der Waals surface area contributed by atoms with Gasteiger partial charge in [-0.2, -0.15) is 0 Å². The lowest BCUT2D eigenvalue weighted by atomic mass is 10.1. The lowest BCUT2D eigenvalue weighted by molar-refractivity contribution is 0.152. The molecule has 124 valence electrons. The first kappa shape index (κ1) is 16.1. The van der Waals surface area contributed by atoms with Gasteiger partial charge in [-0.05, 0) is 45.5 Å². The van der Waals surface area contributed by atoms with Gasteiger partial charge in [0.15, 0.2) is 0 Å². The highest BCUT2D eigenvalue weighted by Gasteiger charge is 2.27. The quantitative estimate of drug-likeness (QED) is 0.850. The molecule has 0 fully saturated rings. The zero-order chi connectivity index (χ0) is 16.4. The SMILES string of the molecule is CC(C)N(C)Cc1cnc2n1CCN(Cc1ccncc1)[C@H]2C. The summed E-state index contributed by atoms with van der Waals surface area (Å²) in [7, 11) is 2.17. The van der Waals surface area contributed by atoms with Crippen LogP contribution in [0.15, 0.2) is 30.7 Å². The molecule has 5 nitrogen and oxygen atoms in total. The van der Waals surface area contributed by atoms with E-state index in [0.29, 0.717) is 12.1 Å². The van der Waals surface area contributed by atoms with Crippen LogP contribution in [-0.2, 0) is 19.6 Å². The van der Waals surface area contributed by atoms with Gasteiger partial charge >= 0.3 is 0 Å². The van der Waals surface area contributed by atoms with Crippen molar-refractivity contribution in [3.63, 3.8) is 0 Å². The van der Waals surface area contributed by atoms with Crippen molar-refractivity contribution < 1.29 is 0 Å². The maximum Gasteiger partial charge on any atom is 0.126 e. The number of hydrogen-bond donors (Lipinski definition) is 0. The van der Waals surface area contributed by atoms with Crippen LogP contribution in [0, 0.1) is 0 Å². The summed E-state index contributed by atoms with van der Waals surface area (Å²) >= 11 is 0. The number of pyridine rings is 1. The average molecular weight is 313 g/mol. The van der Waals surface area contributed by atoms with Crippen molar-refractivity contribution in [2.75, 3.05) is 13.6 Å². The van der Waals surface area contributed by atoms with E-state index in [4.69, 9.17) is 4.98 Å². The zero-order valence-corrected chi connectivity index (χ0v) is 14.6. The Labute approximate surface area is 139 Å². The van der Waals surface area contributed by atoms with E-state index in [1.165, 1.54) is 17.1 Å². The summed E-state index contributed by atoms with van der Waals surface area (Å²) in [5, 5.41) is 0. The third kappa shape index (κ3) is 3.46. The Hall–Kier alpha value is -1.72. The topological polar surface area (TPSA) is 37.2 Å². The van der Waals surface area contributed by atoms with Crippen molar-refractivity contribution in [1.29, 1.82) is 0 Å². The van der Waals surface area contributed by atoms with Crippen LogP contribution in [0.2, 0.25) is 0 Å². The highest BCUT2D eigenvalue weighted by atomic mass is 15.3. The van der Waals surface area contributed by atoms with Gasteiger partial charge in [-0.25, -0.2) is 4.98 Å². The van der Waals surface area contributed by atoms with E-state index >= 15 is 0 Å². The molecule has 5 heteroatoms. The van der Waals surface area contributed by atoms with Gasteiger partial charge in [0.05, 0.1) is 11.7 Å². The number of fused-ring (bicyclic) bond motifs is 1. The van der Waals surface area contributed by atoms with Crippen LogP contribution in [-0.4, -0.2) is 44.0 Å². The third-order valence-corrected chi connectivity index (χ3v) is 4.93. The second kappa shape index (κ2) is 6.81. The van der Waals surface area contributed by atoms with E-state index in [1.807, 2.05) is 12.4 Å². The van der Waals surface area contributed by atoms with Gasteiger partial charge in [0.1, 0.15) is 5.82 Å². The molecular formula is C18H27N5. The molecule has 0 spiro atoms. The van der Waals surface area contributed by atoms with Crippen LogP contribution in [0.5, 0.6) is 0 Å². The predicted octanol–water partition coefficient (Wildman–Crippen LogP) is 2.70. The predicted molar refractivity (Wildman–Crippen MR) is 91.9 cm³/mol. The van der Waals surface area contributed by atoms with Gasteiger partial charge in [0.2, 0.25) is 0 Å². The maximum atomic E-state index is 4.72. The Bertz CT molecular complexity index is 634. The molecule has 0 aromatic carbocycles. The highest BCUT2D eigenvalue weighted by Crippen LogP contribution is 2.27. The maximum absolute atomic E-state index is 4.72. The second-order valence-corrected chi connectivity index (χ2v) is 6.77. The Morgan fingerprint density at radius 2 is 2.00 bits per heavy atom. The first-order chi connectivity index (χ1) is 11.1. The minimum Gasteiger partial charge on any atom is -0.328 e. The fraction of sp³-hybridized carbons (Fsp3) is 0.556. The molecule has 0 unspecified atom stereocenters. The number of imidazole rings is 1. The van der Waals surface area contributed by atoms with Gasteiger partial charge in [0, 0.05) is 50.8 Å². The monoisotopic (exact) mass is 313 g/mol. The van der Waals surface area contributed by atoms with Gasteiger partial charge in [-0.3, -0.25) is 14.8 Å². The molecule has 0 amide bonds. The molecule has 0 saturated heterocycles. The number of aromatic nitrogens is 3. The molecule has 3 heterocycles. The zero-order valence-electron chi connectivity index (χ0n) is 14.6. The molecule has 0 N–H and O–H groups in total. The molecule has 1 atom stereocenters. The Balaban J connectivity index is 1.73. The average Bonchev–Trinajstić information content (AvgIpc) is 2.95. The smallest absolute Gasteiger partial charge is 0.126 e. The van der Waals surface area contributed by atoms with Crippen LogP contribution in [0.3, 0.4) is 0 Å². The van der Waals surface area contributed by atoms with Crippen LogP contribution in [0.25, 0.3) is 0 Å². The first-order valence-electron chi connectivity index (χ1n) is 8.43. The normalized spacial score (nSPS) is 18.6. The van der Waals surface area contributed by atoms with Crippen molar-refractivity contribution in [2.24, 2.45) is 0 Å². The van der Waals surface area contributed by atoms with E-state index in [2.05, 4.69) is 65.5 Å². The fourth-order valence-electron chi connectivity index (χ4n) is 3.11. The molecule has 3 rings (SSSR count). The minimum absolute atomic E-state index is 0.343. The van der Waals surface area contributed by atoms with Gasteiger partial charge in [0.25, 0.3) is 0 Å². The molecule has 0 radical (unpaired) electrons. The van der Waals surface area contributed by atoms with Crippen molar-refractivity contribution >= 4 is 0 Å². The van der Waals surface area contributed by atoms with Crippen molar-refractivity contribution in [3.8, 4) is 0 Å². The molecule has 2 aromatic rings. The molecule has 2 aromatic heterocycles. The summed E-state index contributed by atoms with van der Waals surface area (Å²) in [6.07, 6.45) is 5.79. The lowest BCUT2D eigenvalue weighted by Crippen LogP contribution is -2.37. The summed E-state index contributed by atoms with van der Waals surface area (Å²) in [6.45, 7) is 10.7. The summed E-state index contributed by atoms with van der Waals surface area (Å²) in [5.74, 6) is 1.19. The molecular weight excluding hydrogens is 286 g/mol. The summed E-state index contributed by atoms with van der Waals surface area (Å²) in [4.78, 5) is 13.7. The summed E-state index contributed by atoms with van der Waals surface area (Å²) < 4.78 is 2.41. The van der Waals surface area contributed by atoms with E-state index in [9.17, 15) is 0 Å². The number of hydrogen-bond acceptors (Lipinski definition) is 4. The van der Waals surface area contributed by atoms with Crippen LogP contribution < -0.4 is 0 Å². The molecule has 1 aliphatic heterocycles. The van der Waals surface area contributed by atoms with Crippen LogP contribution in [0.1, 0.15) is 43.9 Å². The number of nitrogens with zero attached hydrogens (tertiary/aromatic N) is 5. The Morgan fingerprint density at radius 1 is 1.26 bits per heavy atom. The molecule has 23 heavy (non-hydrogen) atoms. The largest absolute Gasteiger partial charge is 0.328 e. The van der Waals surface area contributed by atoms with E-state index in [0.717, 1.165) is 26.2 Å². The van der Waals surface area contributed by atoms with Crippen molar-refractivity contribution in [2.45, 2.75) is 52.5 Å². The van der Waals surface area contributed by atoms with Gasteiger partial charge in [-0.15, -0.1) is 0 Å². The van der Waals surface area contributed by atoms with Crippen LogP contribution >= 0.6 is 0 Å². The van der Waals surface area contributed by atoms with Crippen molar-refractivity contribution in [1.82, 2.24) is 24.3 Å². The Kier molecular flexibility index (Phi) is 4.78. The molecule has 1 aliphatic rings. The summed E-state index contributed by atoms with van der Waals surface area (Å²) in [6, 6.07) is 5.08. The molecule has 0 aliphatic carbocycles. The van der Waals surface area contributed by atoms with E-state index in [-0.39, 0.29) is 0 Å². The minimum atomic E-state index is 0.343. The first-order valence-corrected chi connectivity index (χ1v) is 8.43. The highest BCUT2D eigenvalue weighted by molar-refractivity contribution is 5.14. The standard InChI is InChI=1S/C18H27N5/c1-14(2)21(4)13-17-11-20-18-15(3)22(9-10-23(17)18)12-16-5-7-19-8-6-16/h5-8,11,14-15H,9-10,12-13H2,1-4H3/t15-/m0/s1.